The highest BCUT2D eigenvalue weighted by Crippen LogP contribution is 2.34. The molecule has 1 aromatic rings. The molecule has 0 bridgehead atoms. The lowest BCUT2D eigenvalue weighted by molar-refractivity contribution is 0.0171. The molecule has 3 rings (SSSR count). The number of rotatable bonds is 5. The van der Waals surface area contributed by atoms with Gasteiger partial charge in [0, 0.05) is 47.9 Å². The number of nitrogens with zero attached hydrogens (tertiary/aromatic N) is 2. The Kier molecular flexibility index (Phi) is 4.69. The average Bonchev–Trinajstić information content (AvgIpc) is 3.04. The van der Waals surface area contributed by atoms with Crippen molar-refractivity contribution in [2.24, 2.45) is 5.92 Å². The molecule has 0 aliphatic carbocycles. The fourth-order valence-corrected chi connectivity index (χ4v) is 4.45. The monoisotopic (exact) mass is 308 g/mol. The van der Waals surface area contributed by atoms with Crippen molar-refractivity contribution in [3.8, 4) is 0 Å². The van der Waals surface area contributed by atoms with Crippen molar-refractivity contribution in [1.29, 1.82) is 0 Å². The molecule has 118 valence electrons. The van der Waals surface area contributed by atoms with Crippen LogP contribution in [-0.4, -0.2) is 54.7 Å². The van der Waals surface area contributed by atoms with Crippen molar-refractivity contribution < 1.29 is 4.74 Å². The summed E-state index contributed by atoms with van der Waals surface area (Å²) in [6.45, 7) is 11.2. The molecule has 2 saturated heterocycles. The van der Waals surface area contributed by atoms with Gasteiger partial charge in [0.2, 0.25) is 0 Å². The maximum absolute atomic E-state index is 6.30. The summed E-state index contributed by atoms with van der Waals surface area (Å²) in [6, 6.07) is 5.10. The Hall–Kier alpha value is -0.420. The van der Waals surface area contributed by atoms with Crippen LogP contribution >= 0.6 is 11.3 Å². The fourth-order valence-electron chi connectivity index (χ4n) is 3.52. The first-order valence-corrected chi connectivity index (χ1v) is 8.96. The van der Waals surface area contributed by atoms with E-state index in [9.17, 15) is 0 Å². The van der Waals surface area contributed by atoms with Gasteiger partial charge in [-0.15, -0.1) is 11.3 Å². The number of likely N-dealkylation sites (tertiary alicyclic amines) is 1. The van der Waals surface area contributed by atoms with Gasteiger partial charge in [-0.1, -0.05) is 0 Å². The molecular weight excluding hydrogens is 280 g/mol. The largest absolute Gasteiger partial charge is 0.372 e. The van der Waals surface area contributed by atoms with Crippen molar-refractivity contribution >= 4 is 11.3 Å². The van der Waals surface area contributed by atoms with E-state index in [1.54, 1.807) is 0 Å². The zero-order valence-corrected chi connectivity index (χ0v) is 14.5. The number of thiophene rings is 1. The Balaban J connectivity index is 1.47. The Morgan fingerprint density at radius 1 is 1.38 bits per heavy atom. The molecule has 0 saturated carbocycles. The highest BCUT2D eigenvalue weighted by Gasteiger charge is 2.42. The standard InChI is InChI=1S/C17H28N2OS/c1-12(2)18(4)9-15-7-14-8-19(11-17(14)20-15)10-16-6-5-13(3)21-16/h5-6,12,14-15,17H,7-11H2,1-4H3/t14-,15-,17+/m1/s1. The maximum atomic E-state index is 6.30. The van der Waals surface area contributed by atoms with E-state index < -0.39 is 0 Å². The molecule has 3 nitrogen and oxygen atoms in total. The van der Waals surface area contributed by atoms with Gasteiger partial charge in [-0.05, 0) is 46.4 Å². The van der Waals surface area contributed by atoms with Crippen molar-refractivity contribution in [1.82, 2.24) is 9.80 Å². The Bertz CT molecular complexity index is 459. The Morgan fingerprint density at radius 2 is 2.19 bits per heavy atom. The van der Waals surface area contributed by atoms with Crippen LogP contribution in [0.4, 0.5) is 0 Å². The molecule has 0 spiro atoms. The van der Waals surface area contributed by atoms with Gasteiger partial charge in [0.1, 0.15) is 0 Å². The van der Waals surface area contributed by atoms with Crippen LogP contribution in [0.2, 0.25) is 0 Å². The zero-order chi connectivity index (χ0) is 15.0. The van der Waals surface area contributed by atoms with E-state index >= 15 is 0 Å². The lowest BCUT2D eigenvalue weighted by Gasteiger charge is -2.25. The first kappa shape index (κ1) is 15.5. The summed E-state index contributed by atoms with van der Waals surface area (Å²) in [5, 5.41) is 0. The van der Waals surface area contributed by atoms with Crippen molar-refractivity contribution in [3.05, 3.63) is 21.9 Å². The van der Waals surface area contributed by atoms with Crippen molar-refractivity contribution in [2.45, 2.75) is 52.0 Å². The molecule has 0 N–H and O–H groups in total. The highest BCUT2D eigenvalue weighted by molar-refractivity contribution is 7.11. The van der Waals surface area contributed by atoms with E-state index in [0.717, 1.165) is 25.6 Å². The minimum atomic E-state index is 0.443. The smallest absolute Gasteiger partial charge is 0.0747 e. The fraction of sp³-hybridized carbons (Fsp3) is 0.765. The minimum absolute atomic E-state index is 0.443. The average molecular weight is 308 g/mol. The molecule has 1 aromatic heterocycles. The summed E-state index contributed by atoms with van der Waals surface area (Å²) in [4.78, 5) is 7.88. The van der Waals surface area contributed by atoms with Crippen LogP contribution in [-0.2, 0) is 11.3 Å². The van der Waals surface area contributed by atoms with E-state index in [1.807, 2.05) is 11.3 Å². The molecule has 0 radical (unpaired) electrons. The molecule has 0 amide bonds. The van der Waals surface area contributed by atoms with Gasteiger partial charge in [0.15, 0.2) is 0 Å². The van der Waals surface area contributed by atoms with Crippen LogP contribution in [0.3, 0.4) is 0 Å². The van der Waals surface area contributed by atoms with Crippen LogP contribution in [0.5, 0.6) is 0 Å². The quantitative estimate of drug-likeness (QED) is 0.832. The van der Waals surface area contributed by atoms with Gasteiger partial charge in [0.25, 0.3) is 0 Å². The molecule has 3 heterocycles. The topological polar surface area (TPSA) is 15.7 Å². The first-order chi connectivity index (χ1) is 10.0. The molecule has 0 unspecified atom stereocenters. The normalized spacial score (nSPS) is 29.7. The maximum Gasteiger partial charge on any atom is 0.0747 e. The van der Waals surface area contributed by atoms with Gasteiger partial charge in [-0.2, -0.15) is 0 Å². The van der Waals surface area contributed by atoms with Crippen LogP contribution in [0.15, 0.2) is 12.1 Å². The minimum Gasteiger partial charge on any atom is -0.372 e. The number of aryl methyl sites for hydroxylation is 1. The second kappa shape index (κ2) is 6.37. The SMILES string of the molecule is Cc1ccc(CN2C[C@H]3C[C@H](CN(C)C(C)C)O[C@H]3C2)s1. The van der Waals surface area contributed by atoms with Crippen molar-refractivity contribution in [2.75, 3.05) is 26.7 Å². The van der Waals surface area contributed by atoms with Crippen LogP contribution in [0, 0.1) is 12.8 Å². The van der Waals surface area contributed by atoms with Gasteiger partial charge in [-0.25, -0.2) is 0 Å². The Labute approximate surface area is 132 Å². The van der Waals surface area contributed by atoms with E-state index in [0.29, 0.717) is 18.2 Å². The third-order valence-corrected chi connectivity index (χ3v) is 5.92. The second-order valence-corrected chi connectivity index (χ2v) is 8.40. The molecular formula is C17H28N2OS. The van der Waals surface area contributed by atoms with Crippen LogP contribution < -0.4 is 0 Å². The van der Waals surface area contributed by atoms with E-state index in [4.69, 9.17) is 4.74 Å². The predicted octanol–water partition coefficient (Wildman–Crippen LogP) is 2.99. The lowest BCUT2D eigenvalue weighted by Crippen LogP contribution is -2.35. The molecule has 2 aliphatic heterocycles. The van der Waals surface area contributed by atoms with Gasteiger partial charge < -0.3 is 9.64 Å². The summed E-state index contributed by atoms with van der Waals surface area (Å²) in [6.07, 6.45) is 2.15. The zero-order valence-electron chi connectivity index (χ0n) is 13.7. The van der Waals surface area contributed by atoms with E-state index in [2.05, 4.69) is 49.8 Å². The third kappa shape index (κ3) is 3.67. The summed E-state index contributed by atoms with van der Waals surface area (Å²) < 4.78 is 6.30. The second-order valence-electron chi connectivity index (χ2n) is 7.03. The lowest BCUT2D eigenvalue weighted by atomic mass is 10.0. The van der Waals surface area contributed by atoms with E-state index in [1.165, 1.54) is 22.7 Å². The number of hydrogen-bond acceptors (Lipinski definition) is 4. The summed E-state index contributed by atoms with van der Waals surface area (Å²) >= 11 is 1.93. The highest BCUT2D eigenvalue weighted by atomic mass is 32.1. The third-order valence-electron chi connectivity index (χ3n) is 4.94. The summed E-state index contributed by atoms with van der Waals surface area (Å²) in [5.74, 6) is 0.747. The number of fused-ring (bicyclic) bond motifs is 1. The predicted molar refractivity (Wildman–Crippen MR) is 88.9 cm³/mol. The molecule has 0 aromatic carbocycles. The summed E-state index contributed by atoms with van der Waals surface area (Å²) in [7, 11) is 2.20. The van der Waals surface area contributed by atoms with Gasteiger partial charge in [-0.3, -0.25) is 4.90 Å². The van der Waals surface area contributed by atoms with Crippen LogP contribution in [0.1, 0.15) is 30.0 Å². The van der Waals surface area contributed by atoms with E-state index in [-0.39, 0.29) is 0 Å². The number of ether oxygens (including phenoxy) is 1. The van der Waals surface area contributed by atoms with Crippen molar-refractivity contribution in [3.63, 3.8) is 0 Å². The molecule has 3 atom stereocenters. The molecule has 21 heavy (non-hydrogen) atoms. The van der Waals surface area contributed by atoms with Crippen LogP contribution in [0.25, 0.3) is 0 Å². The molecule has 2 aliphatic rings. The first-order valence-electron chi connectivity index (χ1n) is 8.14. The Morgan fingerprint density at radius 3 is 2.81 bits per heavy atom. The molecule has 2 fully saturated rings. The number of hydrogen-bond donors (Lipinski definition) is 0. The van der Waals surface area contributed by atoms with Gasteiger partial charge >= 0.3 is 0 Å². The molecule has 4 heteroatoms. The summed E-state index contributed by atoms with van der Waals surface area (Å²) in [5.41, 5.74) is 0. The number of likely N-dealkylation sites (N-methyl/N-ethyl adjacent to an activating group) is 1. The van der Waals surface area contributed by atoms with Gasteiger partial charge in [0.05, 0.1) is 12.2 Å².